The highest BCUT2D eigenvalue weighted by Crippen LogP contribution is 2.18. The van der Waals surface area contributed by atoms with Crippen molar-refractivity contribution in [3.63, 3.8) is 0 Å². The summed E-state index contributed by atoms with van der Waals surface area (Å²) in [6.07, 6.45) is 2.62. The summed E-state index contributed by atoms with van der Waals surface area (Å²) in [7, 11) is 0. The van der Waals surface area contributed by atoms with Crippen molar-refractivity contribution in [2.75, 3.05) is 6.54 Å². The minimum absolute atomic E-state index is 0.203. The molecule has 5 nitrogen and oxygen atoms in total. The van der Waals surface area contributed by atoms with E-state index >= 15 is 0 Å². The number of azo groups is 1. The van der Waals surface area contributed by atoms with Crippen LogP contribution in [0.25, 0.3) is 0 Å². The van der Waals surface area contributed by atoms with Crippen LogP contribution in [0.3, 0.4) is 0 Å². The molecule has 0 heterocycles. The lowest BCUT2D eigenvalue weighted by Crippen LogP contribution is -2.34. The molecule has 0 aromatic rings. The number of nitriles is 1. The van der Waals surface area contributed by atoms with Crippen LogP contribution in [0.4, 0.5) is 0 Å². The van der Waals surface area contributed by atoms with E-state index < -0.39 is 11.5 Å². The molecule has 0 aliphatic carbocycles. The van der Waals surface area contributed by atoms with Crippen LogP contribution in [-0.2, 0) is 4.79 Å². The molecule has 0 radical (unpaired) electrons. The van der Waals surface area contributed by atoms with Crippen molar-refractivity contribution in [1.29, 1.82) is 5.26 Å². The van der Waals surface area contributed by atoms with Gasteiger partial charge in [-0.1, -0.05) is 26.7 Å². The van der Waals surface area contributed by atoms with Crippen LogP contribution in [-0.4, -0.2) is 23.2 Å². The summed E-state index contributed by atoms with van der Waals surface area (Å²) in [5.41, 5.74) is -1.68. The van der Waals surface area contributed by atoms with Crippen molar-refractivity contribution in [2.24, 2.45) is 10.2 Å². The number of unbranched alkanes of at least 4 members (excludes halogenated alkanes) is 1. The lowest BCUT2D eigenvalue weighted by Gasteiger charge is -2.13. The molecule has 0 saturated heterocycles. The Morgan fingerprint density at radius 3 is 2.53 bits per heavy atom. The molecular weight excluding hydrogens is 194 g/mol. The van der Waals surface area contributed by atoms with E-state index in [0.717, 1.165) is 12.8 Å². The molecule has 84 valence electrons. The second-order valence-electron chi connectivity index (χ2n) is 3.35. The fourth-order valence-electron chi connectivity index (χ4n) is 1.09. The normalized spacial score (nSPS) is 14.7. The summed E-state index contributed by atoms with van der Waals surface area (Å²) in [6, 6.07) is 1.73. The highest BCUT2D eigenvalue weighted by atomic mass is 16.4. The van der Waals surface area contributed by atoms with Gasteiger partial charge in [-0.05, 0) is 12.8 Å². The molecule has 1 N–H and O–H groups in total. The third-order valence-corrected chi connectivity index (χ3v) is 2.00. The Labute approximate surface area is 89.8 Å². The van der Waals surface area contributed by atoms with E-state index in [1.54, 1.807) is 6.07 Å². The Hall–Kier alpha value is -1.44. The van der Waals surface area contributed by atoms with Crippen LogP contribution >= 0.6 is 0 Å². The van der Waals surface area contributed by atoms with Crippen molar-refractivity contribution >= 4 is 5.97 Å². The number of hydrogen-bond acceptors (Lipinski definition) is 4. The fourth-order valence-corrected chi connectivity index (χ4v) is 1.09. The number of carboxylic acids is 1. The van der Waals surface area contributed by atoms with Crippen molar-refractivity contribution in [1.82, 2.24) is 0 Å². The second-order valence-corrected chi connectivity index (χ2v) is 3.35. The van der Waals surface area contributed by atoms with Crippen LogP contribution < -0.4 is 0 Å². The van der Waals surface area contributed by atoms with E-state index in [9.17, 15) is 4.79 Å². The predicted molar refractivity (Wildman–Crippen MR) is 55.5 cm³/mol. The average Bonchev–Trinajstić information content (AvgIpc) is 2.22. The van der Waals surface area contributed by atoms with Gasteiger partial charge in [0.15, 0.2) is 0 Å². The predicted octanol–water partition coefficient (Wildman–Crippen LogP) is 2.39. The number of rotatable bonds is 7. The largest absolute Gasteiger partial charge is 0.479 e. The third-order valence-electron chi connectivity index (χ3n) is 2.00. The van der Waals surface area contributed by atoms with E-state index in [1.165, 1.54) is 0 Å². The van der Waals surface area contributed by atoms with E-state index in [4.69, 9.17) is 10.4 Å². The Bertz CT molecular complexity index is 270. The standard InChI is InChI=1S/C10H17N3O2/c1-3-5-7-12-13-10(8-11,6-4-2)9(14)15/h3-7H2,1-2H3,(H,14,15)/b13-12+. The highest BCUT2D eigenvalue weighted by molar-refractivity contribution is 5.82. The summed E-state index contributed by atoms with van der Waals surface area (Å²) in [6.45, 7) is 4.31. The van der Waals surface area contributed by atoms with Gasteiger partial charge in [0, 0.05) is 0 Å². The van der Waals surface area contributed by atoms with Gasteiger partial charge >= 0.3 is 5.97 Å². The molecule has 15 heavy (non-hydrogen) atoms. The molecule has 0 saturated carbocycles. The minimum Gasteiger partial charge on any atom is -0.479 e. The first-order valence-electron chi connectivity index (χ1n) is 5.16. The molecule has 0 aliphatic heterocycles. The summed E-state index contributed by atoms with van der Waals surface area (Å²) in [5, 5.41) is 25.2. The Morgan fingerprint density at radius 2 is 2.13 bits per heavy atom. The van der Waals surface area contributed by atoms with Crippen molar-refractivity contribution in [3.8, 4) is 6.07 Å². The molecule has 0 bridgehead atoms. The van der Waals surface area contributed by atoms with Crippen LogP contribution in [0.5, 0.6) is 0 Å². The quantitative estimate of drug-likeness (QED) is 0.518. The van der Waals surface area contributed by atoms with Gasteiger partial charge in [-0.25, -0.2) is 4.79 Å². The van der Waals surface area contributed by atoms with Gasteiger partial charge in [0.25, 0.3) is 5.54 Å². The number of carbonyl (C=O) groups is 1. The molecule has 1 atom stereocenters. The van der Waals surface area contributed by atoms with Crippen LogP contribution in [0.1, 0.15) is 39.5 Å². The van der Waals surface area contributed by atoms with Gasteiger partial charge in [-0.2, -0.15) is 15.5 Å². The number of nitrogens with zero attached hydrogens (tertiary/aromatic N) is 3. The first kappa shape index (κ1) is 13.6. The van der Waals surface area contributed by atoms with Crippen molar-refractivity contribution in [2.45, 2.75) is 45.1 Å². The maximum atomic E-state index is 10.9. The SMILES string of the molecule is CCCC/N=N/C(C#N)(CCC)C(=O)O. The highest BCUT2D eigenvalue weighted by Gasteiger charge is 2.38. The topological polar surface area (TPSA) is 85.8 Å². The van der Waals surface area contributed by atoms with Gasteiger partial charge < -0.3 is 5.11 Å². The molecule has 0 rings (SSSR count). The molecule has 1 unspecified atom stereocenters. The third kappa shape index (κ3) is 4.07. The minimum atomic E-state index is -1.68. The molecule has 5 heteroatoms. The van der Waals surface area contributed by atoms with Gasteiger partial charge in [0.1, 0.15) is 6.07 Å². The summed E-state index contributed by atoms with van der Waals surface area (Å²) >= 11 is 0. The zero-order valence-electron chi connectivity index (χ0n) is 9.23. The number of carboxylic acid groups (broad SMARTS) is 1. The van der Waals surface area contributed by atoms with E-state index in [0.29, 0.717) is 13.0 Å². The van der Waals surface area contributed by atoms with Gasteiger partial charge in [0.2, 0.25) is 0 Å². The first-order valence-corrected chi connectivity index (χ1v) is 5.16. The maximum Gasteiger partial charge on any atom is 0.348 e. The zero-order chi connectivity index (χ0) is 11.7. The van der Waals surface area contributed by atoms with E-state index in [-0.39, 0.29) is 6.42 Å². The fraction of sp³-hybridized carbons (Fsp3) is 0.800. The van der Waals surface area contributed by atoms with Crippen LogP contribution in [0.15, 0.2) is 10.2 Å². The van der Waals surface area contributed by atoms with Gasteiger partial charge in [-0.15, -0.1) is 0 Å². The lowest BCUT2D eigenvalue weighted by atomic mass is 9.97. The van der Waals surface area contributed by atoms with Crippen LogP contribution in [0.2, 0.25) is 0 Å². The van der Waals surface area contributed by atoms with Crippen LogP contribution in [0, 0.1) is 11.3 Å². The molecule has 0 spiro atoms. The molecule has 0 aliphatic rings. The second kappa shape index (κ2) is 6.93. The molecule has 0 aromatic carbocycles. The molecule has 0 amide bonds. The van der Waals surface area contributed by atoms with E-state index in [2.05, 4.69) is 10.2 Å². The van der Waals surface area contributed by atoms with E-state index in [1.807, 2.05) is 13.8 Å². The van der Waals surface area contributed by atoms with Gasteiger partial charge in [0.05, 0.1) is 6.54 Å². The summed E-state index contributed by atoms with van der Waals surface area (Å²) < 4.78 is 0. The molecular formula is C10H17N3O2. The smallest absolute Gasteiger partial charge is 0.348 e. The van der Waals surface area contributed by atoms with Crippen molar-refractivity contribution < 1.29 is 9.90 Å². The Kier molecular flexibility index (Phi) is 6.27. The lowest BCUT2D eigenvalue weighted by molar-refractivity contribution is -0.141. The van der Waals surface area contributed by atoms with Gasteiger partial charge in [-0.3, -0.25) is 0 Å². The average molecular weight is 211 g/mol. The summed E-state index contributed by atoms with van der Waals surface area (Å²) in [4.78, 5) is 10.9. The first-order chi connectivity index (χ1) is 7.13. The molecule has 0 fully saturated rings. The monoisotopic (exact) mass is 211 g/mol. The zero-order valence-corrected chi connectivity index (χ0v) is 9.23. The number of hydrogen-bond donors (Lipinski definition) is 1. The molecule has 0 aromatic heterocycles. The Morgan fingerprint density at radius 1 is 1.47 bits per heavy atom. The summed E-state index contributed by atoms with van der Waals surface area (Å²) in [5.74, 6) is -1.22. The Balaban J connectivity index is 4.56. The van der Waals surface area contributed by atoms with Crippen molar-refractivity contribution in [3.05, 3.63) is 0 Å². The maximum absolute atomic E-state index is 10.9. The number of aliphatic carboxylic acids is 1.